The smallest absolute Gasteiger partial charge is 0.0991 e. The Morgan fingerprint density at radius 1 is 0.347 bits per heavy atom. The molecule has 0 saturated carbocycles. The van der Waals surface area contributed by atoms with Crippen molar-refractivity contribution in [1.82, 2.24) is 0 Å². The first-order valence-electron chi connectivity index (χ1n) is 15.0. The van der Waals surface area contributed by atoms with Crippen molar-refractivity contribution in [2.24, 2.45) is 0 Å². The van der Waals surface area contributed by atoms with Gasteiger partial charge in [0.1, 0.15) is 0 Å². The number of benzene rings is 6. The van der Waals surface area contributed by atoms with Crippen molar-refractivity contribution >= 4 is 5.57 Å². The Bertz CT molecular complexity index is 2340. The first-order chi connectivity index (χ1) is 23.5. The van der Waals surface area contributed by atoms with Crippen LogP contribution in [0.4, 0.5) is 0 Å². The Morgan fingerprint density at radius 2 is 0.673 bits per heavy atom. The van der Waals surface area contributed by atoms with Gasteiger partial charge in [0.2, 0.25) is 0 Å². The zero-order valence-corrected chi connectivity index (χ0v) is 28.9. The first-order valence-corrected chi connectivity index (χ1v) is 15.0. The molecule has 5 nitrogen and oxygen atoms in total. The molecule has 0 atom stereocenters. The molecule has 0 saturated heterocycles. The molecule has 7 rings (SSSR count). The molecule has 0 N–H and O–H groups in total. The van der Waals surface area contributed by atoms with Crippen molar-refractivity contribution in [2.45, 2.75) is 0 Å². The van der Waals surface area contributed by atoms with Crippen LogP contribution < -0.4 is 0 Å². The third kappa shape index (κ3) is 6.06. The van der Waals surface area contributed by atoms with Gasteiger partial charge in [-0.2, -0.15) is 26.6 Å². The maximum Gasteiger partial charge on any atom is 0.0991 e. The Morgan fingerprint density at radius 3 is 0.980 bits per heavy atom. The van der Waals surface area contributed by atoms with Gasteiger partial charge in [-0.05, 0) is 68.8 Å². The molecule has 0 unspecified atom stereocenters. The summed E-state index contributed by atoms with van der Waals surface area (Å²) in [7, 11) is 0. The van der Waals surface area contributed by atoms with E-state index in [9.17, 15) is 15.8 Å². The molecule has 1 aliphatic carbocycles. The Hall–Kier alpha value is -6.11. The van der Waals surface area contributed by atoms with E-state index in [0.29, 0.717) is 27.8 Å². The minimum Gasteiger partial charge on any atom is -0.209 e. The molecular weight excluding hydrogens is 727 g/mol. The van der Waals surface area contributed by atoms with Crippen molar-refractivity contribution in [3.05, 3.63) is 161 Å². The van der Waals surface area contributed by atoms with Gasteiger partial charge in [0.25, 0.3) is 0 Å². The number of allylic oxidation sites excluding steroid dienone is 1. The average Bonchev–Trinajstić information content (AvgIpc) is 3.45. The summed E-state index contributed by atoms with van der Waals surface area (Å²) in [6.07, 6.45) is 2.81. The predicted octanol–water partition coefficient (Wildman–Crippen LogP) is 9.58. The number of hydrogen-bond acceptors (Lipinski definition) is 5. The van der Waals surface area contributed by atoms with Crippen LogP contribution in [-0.2, 0) is 0 Å². The molecule has 222 valence electrons. The van der Waals surface area contributed by atoms with Crippen LogP contribution in [0.2, 0.25) is 0 Å². The van der Waals surface area contributed by atoms with Crippen LogP contribution in [-0.4, -0.2) is 0 Å². The molecule has 0 aliphatic heterocycles. The maximum atomic E-state index is 10.2. The van der Waals surface area contributed by atoms with Gasteiger partial charge in [-0.1, -0.05) is 114 Å². The van der Waals surface area contributed by atoms with E-state index in [1.54, 1.807) is 36.4 Å². The molecular formula is C43H20CeN5-. The summed E-state index contributed by atoms with van der Waals surface area (Å²) in [6.45, 7) is 0. The van der Waals surface area contributed by atoms with Gasteiger partial charge >= 0.3 is 0 Å². The van der Waals surface area contributed by atoms with E-state index < -0.39 is 0 Å². The van der Waals surface area contributed by atoms with Crippen LogP contribution in [0.5, 0.6) is 0 Å². The van der Waals surface area contributed by atoms with E-state index in [0.717, 1.165) is 66.8 Å². The fraction of sp³-hybridized carbons (Fsp3) is 0. The van der Waals surface area contributed by atoms with Gasteiger partial charge in [-0.3, -0.25) is 0 Å². The van der Waals surface area contributed by atoms with E-state index in [2.05, 4.69) is 30.4 Å². The van der Waals surface area contributed by atoms with Gasteiger partial charge in [0, 0.05) is 58.9 Å². The fourth-order valence-electron chi connectivity index (χ4n) is 6.22. The standard InChI is InChI=1S/C43H20N5.Ce/c44-18-17-37-40-19-35(25-47)38(33-13-9-31(10-14-33)29-5-1-27(23-45)2-6-29)21-42(40)43-22-39(36(26-48)20-41(37)43)34-15-11-32(12-16-34)30-7-3-28(24-46)4-8-30;/h1-16,19-22H;/q-1;. The third-order valence-corrected chi connectivity index (χ3v) is 8.65. The fourth-order valence-corrected chi connectivity index (χ4v) is 6.22. The minimum atomic E-state index is 0. The van der Waals surface area contributed by atoms with Crippen LogP contribution in [0.15, 0.2) is 121 Å². The van der Waals surface area contributed by atoms with E-state index in [1.807, 2.05) is 91.0 Å². The van der Waals surface area contributed by atoms with Gasteiger partial charge in [0.05, 0.1) is 35.4 Å². The number of fused-ring (bicyclic) bond motifs is 3. The molecule has 0 heterocycles. The maximum absolute atomic E-state index is 10.2. The van der Waals surface area contributed by atoms with Crippen molar-refractivity contribution in [2.75, 3.05) is 0 Å². The quantitative estimate of drug-likeness (QED) is 0.131. The molecule has 1 aliphatic rings. The van der Waals surface area contributed by atoms with E-state index in [4.69, 9.17) is 10.5 Å². The summed E-state index contributed by atoms with van der Waals surface area (Å²) >= 11 is 0. The first kappa shape index (κ1) is 32.8. The largest absolute Gasteiger partial charge is 0.209 e. The second-order valence-electron chi connectivity index (χ2n) is 11.3. The van der Waals surface area contributed by atoms with Crippen molar-refractivity contribution in [3.63, 3.8) is 0 Å². The summed E-state index contributed by atoms with van der Waals surface area (Å²) in [4.78, 5) is 0. The molecule has 0 fully saturated rings. The molecule has 0 aromatic heterocycles. The van der Waals surface area contributed by atoms with Gasteiger partial charge in [-0.15, -0.1) is 11.1 Å². The molecule has 0 radical (unpaired) electrons. The van der Waals surface area contributed by atoms with E-state index >= 15 is 0 Å². The van der Waals surface area contributed by atoms with Crippen LogP contribution in [0.25, 0.3) is 61.2 Å². The molecule has 0 amide bonds. The Kier molecular flexibility index (Phi) is 9.33. The van der Waals surface area contributed by atoms with Crippen molar-refractivity contribution < 1.29 is 41.7 Å². The zero-order valence-electron chi connectivity index (χ0n) is 25.8. The molecule has 0 spiro atoms. The topological polar surface area (TPSA) is 119 Å². The predicted molar refractivity (Wildman–Crippen MR) is 184 cm³/mol. The monoisotopic (exact) mass is 746 g/mol. The van der Waals surface area contributed by atoms with Gasteiger partial charge < -0.3 is 0 Å². The summed E-state index contributed by atoms with van der Waals surface area (Å²) in [5.41, 5.74) is 13.0. The number of nitrogens with zero attached hydrogens (tertiary/aromatic N) is 5. The van der Waals surface area contributed by atoms with Crippen molar-refractivity contribution in [1.29, 1.82) is 26.3 Å². The Labute approximate surface area is 317 Å². The second kappa shape index (κ2) is 13.9. The van der Waals surface area contributed by atoms with Gasteiger partial charge in [0.15, 0.2) is 0 Å². The number of hydrogen-bond donors (Lipinski definition) is 0. The summed E-state index contributed by atoms with van der Waals surface area (Å²) < 4.78 is 0. The average molecular weight is 747 g/mol. The van der Waals surface area contributed by atoms with Crippen LogP contribution in [0.1, 0.15) is 33.4 Å². The van der Waals surface area contributed by atoms with E-state index in [1.165, 1.54) is 0 Å². The van der Waals surface area contributed by atoms with Crippen molar-refractivity contribution in [3.8, 4) is 86.0 Å². The summed E-state index contributed by atoms with van der Waals surface area (Å²) in [6, 6.07) is 49.2. The van der Waals surface area contributed by atoms with Crippen LogP contribution >= 0.6 is 0 Å². The number of nitriles is 5. The third-order valence-electron chi connectivity index (χ3n) is 8.65. The SMILES string of the molecule is N#C[C-]=C1c2cc(C#N)c(-c3ccc(-c4ccc(C#N)cc4)cc3)cc2-c2cc(-c3ccc(-c4ccc(C#N)cc4)cc3)c(C#N)cc21.[Ce]. The molecule has 6 aromatic rings. The van der Waals surface area contributed by atoms with Crippen LogP contribution in [0.3, 0.4) is 0 Å². The van der Waals surface area contributed by atoms with Crippen LogP contribution in [0, 0.1) is 104 Å². The molecule has 0 bridgehead atoms. The van der Waals surface area contributed by atoms with E-state index in [-0.39, 0.29) is 41.7 Å². The number of rotatable bonds is 4. The molecule has 6 heteroatoms. The summed E-state index contributed by atoms with van der Waals surface area (Å²) in [5, 5.41) is 48.3. The molecule has 6 aromatic carbocycles. The minimum absolute atomic E-state index is 0. The summed E-state index contributed by atoms with van der Waals surface area (Å²) in [5.74, 6) is 0. The zero-order chi connectivity index (χ0) is 33.2. The normalized spacial score (nSPS) is 10.6. The molecule has 49 heavy (non-hydrogen) atoms. The van der Waals surface area contributed by atoms with Gasteiger partial charge in [-0.25, -0.2) is 5.26 Å². The Balaban J connectivity index is 0.00000417. The second-order valence-corrected chi connectivity index (χ2v) is 11.3.